The number of nitrogens with one attached hydrogen (secondary N) is 1. The summed E-state index contributed by atoms with van der Waals surface area (Å²) in [6.45, 7) is 6.02. The lowest BCUT2D eigenvalue weighted by atomic mass is 10.0. The number of H-pyrrole nitrogens is 1. The van der Waals surface area contributed by atoms with E-state index in [0.717, 1.165) is 22.4 Å². The smallest absolute Gasteiger partial charge is 0.355 e. The normalized spacial score (nSPS) is 10.4. The van der Waals surface area contributed by atoms with Crippen molar-refractivity contribution in [3.63, 3.8) is 0 Å². The van der Waals surface area contributed by atoms with Crippen LogP contribution in [0, 0.1) is 13.8 Å². The topological polar surface area (TPSA) is 55.0 Å². The maximum absolute atomic E-state index is 11.7. The minimum atomic E-state index is -0.313. The first-order valence-corrected chi connectivity index (χ1v) is 5.91. The fourth-order valence-electron chi connectivity index (χ4n) is 1.92. The Morgan fingerprint density at radius 2 is 2.22 bits per heavy atom. The van der Waals surface area contributed by atoms with Crippen molar-refractivity contribution in [1.29, 1.82) is 0 Å². The number of aromatic nitrogens is 2. The van der Waals surface area contributed by atoms with Crippen molar-refractivity contribution in [1.82, 2.24) is 9.97 Å². The number of esters is 1. The molecule has 1 N–H and O–H groups in total. The van der Waals surface area contributed by atoms with E-state index in [0.29, 0.717) is 12.3 Å². The lowest BCUT2D eigenvalue weighted by Crippen LogP contribution is -2.06. The molecule has 2 heterocycles. The Kier molecular flexibility index (Phi) is 3.46. The van der Waals surface area contributed by atoms with Gasteiger partial charge in [0.15, 0.2) is 0 Å². The van der Waals surface area contributed by atoms with Crippen LogP contribution >= 0.6 is 0 Å². The highest BCUT2D eigenvalue weighted by molar-refractivity contribution is 5.92. The summed E-state index contributed by atoms with van der Waals surface area (Å²) >= 11 is 0. The Morgan fingerprint density at radius 1 is 1.44 bits per heavy atom. The zero-order valence-electron chi connectivity index (χ0n) is 10.8. The van der Waals surface area contributed by atoms with Crippen LogP contribution in [-0.2, 0) is 4.74 Å². The van der Waals surface area contributed by atoms with Crippen molar-refractivity contribution < 1.29 is 9.53 Å². The molecule has 0 aliphatic rings. The zero-order chi connectivity index (χ0) is 13.1. The number of aromatic amines is 1. The largest absolute Gasteiger partial charge is 0.461 e. The maximum atomic E-state index is 11.7. The Labute approximate surface area is 106 Å². The third-order valence-corrected chi connectivity index (χ3v) is 2.83. The van der Waals surface area contributed by atoms with E-state index in [-0.39, 0.29) is 5.97 Å². The maximum Gasteiger partial charge on any atom is 0.355 e. The van der Waals surface area contributed by atoms with Crippen LogP contribution in [0.2, 0.25) is 0 Å². The molecule has 2 rings (SSSR count). The summed E-state index contributed by atoms with van der Waals surface area (Å²) in [5.74, 6) is -0.313. The molecule has 0 bridgehead atoms. The monoisotopic (exact) mass is 244 g/mol. The van der Waals surface area contributed by atoms with Crippen molar-refractivity contribution in [2.24, 2.45) is 0 Å². The molecule has 0 aliphatic carbocycles. The number of carbonyl (C=O) groups excluding carboxylic acids is 1. The highest BCUT2D eigenvalue weighted by Gasteiger charge is 2.16. The molecule has 0 aliphatic heterocycles. The van der Waals surface area contributed by atoms with Gasteiger partial charge in [0.1, 0.15) is 5.69 Å². The van der Waals surface area contributed by atoms with Crippen molar-refractivity contribution in [2.45, 2.75) is 20.8 Å². The van der Waals surface area contributed by atoms with Crippen LogP contribution in [0.3, 0.4) is 0 Å². The summed E-state index contributed by atoms with van der Waals surface area (Å²) < 4.78 is 5.00. The van der Waals surface area contributed by atoms with Gasteiger partial charge in [-0.1, -0.05) is 0 Å². The fourth-order valence-corrected chi connectivity index (χ4v) is 1.92. The van der Waals surface area contributed by atoms with Crippen molar-refractivity contribution >= 4 is 5.97 Å². The van der Waals surface area contributed by atoms with Crippen LogP contribution in [0.5, 0.6) is 0 Å². The van der Waals surface area contributed by atoms with Gasteiger partial charge in [-0.25, -0.2) is 4.79 Å². The summed E-state index contributed by atoms with van der Waals surface area (Å²) in [6.07, 6.45) is 3.59. The number of hydrogen-bond acceptors (Lipinski definition) is 3. The van der Waals surface area contributed by atoms with E-state index >= 15 is 0 Å². The number of ether oxygens (including phenoxy) is 1. The van der Waals surface area contributed by atoms with E-state index in [1.165, 1.54) is 0 Å². The van der Waals surface area contributed by atoms with Gasteiger partial charge in [0.05, 0.1) is 6.61 Å². The molecule has 0 saturated heterocycles. The van der Waals surface area contributed by atoms with Gasteiger partial charge >= 0.3 is 5.97 Å². The van der Waals surface area contributed by atoms with Crippen LogP contribution in [0.4, 0.5) is 0 Å². The number of nitrogens with zero attached hydrogens (tertiary/aromatic N) is 1. The van der Waals surface area contributed by atoms with Crippen molar-refractivity contribution in [2.75, 3.05) is 6.61 Å². The summed E-state index contributed by atoms with van der Waals surface area (Å²) in [4.78, 5) is 18.9. The molecule has 0 unspecified atom stereocenters. The first-order chi connectivity index (χ1) is 8.63. The van der Waals surface area contributed by atoms with Gasteiger partial charge in [-0.2, -0.15) is 0 Å². The van der Waals surface area contributed by atoms with Gasteiger partial charge in [-0.05, 0) is 44.0 Å². The first-order valence-electron chi connectivity index (χ1n) is 5.91. The average Bonchev–Trinajstić information content (AvgIpc) is 2.71. The molecule has 18 heavy (non-hydrogen) atoms. The molecule has 2 aromatic rings. The SMILES string of the molecule is CCOC(=O)c1[nH]cc(-c2ccnc(C)c2)c1C. The van der Waals surface area contributed by atoms with E-state index in [1.807, 2.05) is 32.2 Å². The standard InChI is InChI=1S/C14H16N2O2/c1-4-18-14(17)13-10(3)12(8-16-13)11-5-6-15-9(2)7-11/h5-8,16H,4H2,1-3H3. The molecule has 4 nitrogen and oxygen atoms in total. The quantitative estimate of drug-likeness (QED) is 0.845. The Balaban J connectivity index is 2.39. The Morgan fingerprint density at radius 3 is 2.89 bits per heavy atom. The minimum Gasteiger partial charge on any atom is -0.461 e. The van der Waals surface area contributed by atoms with Crippen LogP contribution in [0.25, 0.3) is 11.1 Å². The molecule has 0 fully saturated rings. The average molecular weight is 244 g/mol. The molecule has 0 spiro atoms. The van der Waals surface area contributed by atoms with E-state index in [4.69, 9.17) is 4.74 Å². The van der Waals surface area contributed by atoms with Gasteiger partial charge in [-0.3, -0.25) is 4.98 Å². The van der Waals surface area contributed by atoms with Crippen LogP contribution in [0.1, 0.15) is 28.7 Å². The highest BCUT2D eigenvalue weighted by atomic mass is 16.5. The molecule has 4 heteroatoms. The minimum absolute atomic E-state index is 0.313. The van der Waals surface area contributed by atoms with Gasteiger partial charge in [0.25, 0.3) is 0 Å². The molecule has 0 amide bonds. The van der Waals surface area contributed by atoms with E-state index < -0.39 is 0 Å². The zero-order valence-corrected chi connectivity index (χ0v) is 10.8. The van der Waals surface area contributed by atoms with Gasteiger partial charge in [-0.15, -0.1) is 0 Å². The summed E-state index contributed by atoms with van der Waals surface area (Å²) in [6, 6.07) is 3.92. The highest BCUT2D eigenvalue weighted by Crippen LogP contribution is 2.26. The van der Waals surface area contributed by atoms with Crippen molar-refractivity contribution in [3.05, 3.63) is 41.5 Å². The van der Waals surface area contributed by atoms with E-state index in [1.54, 1.807) is 13.1 Å². The predicted molar refractivity (Wildman–Crippen MR) is 69.5 cm³/mol. The van der Waals surface area contributed by atoms with Crippen LogP contribution in [-0.4, -0.2) is 22.5 Å². The van der Waals surface area contributed by atoms with Crippen molar-refractivity contribution in [3.8, 4) is 11.1 Å². The third-order valence-electron chi connectivity index (χ3n) is 2.83. The number of rotatable bonds is 3. The van der Waals surface area contributed by atoms with Gasteiger partial charge in [0, 0.05) is 23.7 Å². The summed E-state index contributed by atoms with van der Waals surface area (Å²) in [5, 5.41) is 0. The number of aryl methyl sites for hydroxylation is 1. The number of hydrogen-bond donors (Lipinski definition) is 1. The summed E-state index contributed by atoms with van der Waals surface area (Å²) in [5.41, 5.74) is 4.42. The molecular weight excluding hydrogens is 228 g/mol. The van der Waals surface area contributed by atoms with Gasteiger partial charge in [0.2, 0.25) is 0 Å². The van der Waals surface area contributed by atoms with E-state index in [2.05, 4.69) is 9.97 Å². The fraction of sp³-hybridized carbons (Fsp3) is 0.286. The molecule has 0 saturated carbocycles. The first kappa shape index (κ1) is 12.4. The van der Waals surface area contributed by atoms with Crippen LogP contribution < -0.4 is 0 Å². The molecule has 2 aromatic heterocycles. The van der Waals surface area contributed by atoms with Crippen LogP contribution in [0.15, 0.2) is 24.5 Å². The second kappa shape index (κ2) is 5.04. The molecule has 0 atom stereocenters. The predicted octanol–water partition coefficient (Wildman–Crippen LogP) is 2.87. The van der Waals surface area contributed by atoms with E-state index in [9.17, 15) is 4.79 Å². The molecule has 0 aromatic carbocycles. The number of carbonyl (C=O) groups is 1. The molecule has 94 valence electrons. The second-order valence-electron chi connectivity index (χ2n) is 4.11. The lowest BCUT2D eigenvalue weighted by molar-refractivity contribution is 0.0519. The Hall–Kier alpha value is -2.10. The second-order valence-corrected chi connectivity index (χ2v) is 4.11. The summed E-state index contributed by atoms with van der Waals surface area (Å²) in [7, 11) is 0. The van der Waals surface area contributed by atoms with Gasteiger partial charge < -0.3 is 9.72 Å². The lowest BCUT2D eigenvalue weighted by Gasteiger charge is -2.03. The molecular formula is C14H16N2O2. The Bertz CT molecular complexity index is 573. The third kappa shape index (κ3) is 2.27. The number of pyridine rings is 1. The molecule has 0 radical (unpaired) electrons.